The summed E-state index contributed by atoms with van der Waals surface area (Å²) in [4.78, 5) is 14.4. The second kappa shape index (κ2) is 8.45. The van der Waals surface area contributed by atoms with Crippen LogP contribution in [-0.2, 0) is 17.3 Å². The van der Waals surface area contributed by atoms with Gasteiger partial charge < -0.3 is 10.6 Å². The maximum Gasteiger partial charge on any atom is 0.315 e. The maximum atomic E-state index is 12.1. The fraction of sp³-hybridized carbons (Fsp3) is 0.588. The molecule has 0 radical (unpaired) electrons. The number of hydrogen-bond acceptors (Lipinski definition) is 3. The van der Waals surface area contributed by atoms with Crippen LogP contribution < -0.4 is 10.6 Å². The summed E-state index contributed by atoms with van der Waals surface area (Å²) in [7, 11) is -0.902. The molecule has 5 nitrogen and oxygen atoms in total. The first kappa shape index (κ1) is 17.9. The van der Waals surface area contributed by atoms with E-state index in [0.717, 1.165) is 19.6 Å². The molecular formula is C17H27N3O2S. The van der Waals surface area contributed by atoms with Gasteiger partial charge in [0.2, 0.25) is 0 Å². The highest BCUT2D eigenvalue weighted by molar-refractivity contribution is 7.84. The van der Waals surface area contributed by atoms with Crippen molar-refractivity contribution in [3.63, 3.8) is 0 Å². The Bertz CT molecular complexity index is 538. The highest BCUT2D eigenvalue weighted by atomic mass is 32.2. The molecule has 1 fully saturated rings. The van der Waals surface area contributed by atoms with Gasteiger partial charge in [-0.15, -0.1) is 0 Å². The Balaban J connectivity index is 1.80. The lowest BCUT2D eigenvalue weighted by molar-refractivity contribution is 0.232. The molecule has 0 aliphatic carbocycles. The van der Waals surface area contributed by atoms with Gasteiger partial charge in [0.15, 0.2) is 0 Å². The first-order valence-electron chi connectivity index (χ1n) is 8.07. The van der Waals surface area contributed by atoms with Crippen LogP contribution in [0.4, 0.5) is 4.79 Å². The molecule has 2 N–H and O–H groups in total. The molecule has 2 amide bonds. The van der Waals surface area contributed by atoms with E-state index in [2.05, 4.69) is 46.7 Å². The highest BCUT2D eigenvalue weighted by Crippen LogP contribution is 2.18. The third kappa shape index (κ3) is 5.95. The second-order valence-corrected chi connectivity index (χ2v) is 8.00. The Kier molecular flexibility index (Phi) is 6.59. The van der Waals surface area contributed by atoms with Crippen LogP contribution in [0.25, 0.3) is 0 Å². The monoisotopic (exact) mass is 337 g/mol. The SMILES string of the molecule is C[C@H](C[S@](C)=O)NC(=O)N[C@H]1CN(Cc2ccccc2)C[C@@H]1C. The molecule has 0 bridgehead atoms. The van der Waals surface area contributed by atoms with Gasteiger partial charge in [-0.05, 0) is 18.4 Å². The van der Waals surface area contributed by atoms with Gasteiger partial charge in [-0.3, -0.25) is 9.11 Å². The molecule has 0 spiro atoms. The number of urea groups is 1. The van der Waals surface area contributed by atoms with E-state index in [1.54, 1.807) is 6.26 Å². The van der Waals surface area contributed by atoms with Gasteiger partial charge >= 0.3 is 6.03 Å². The Hall–Kier alpha value is -1.40. The largest absolute Gasteiger partial charge is 0.335 e. The molecule has 6 heteroatoms. The maximum absolute atomic E-state index is 12.1. The summed E-state index contributed by atoms with van der Waals surface area (Å²) >= 11 is 0. The van der Waals surface area contributed by atoms with Gasteiger partial charge in [0, 0.05) is 54.5 Å². The number of nitrogens with one attached hydrogen (secondary N) is 2. The summed E-state index contributed by atoms with van der Waals surface area (Å²) in [6.07, 6.45) is 1.65. The van der Waals surface area contributed by atoms with E-state index in [1.165, 1.54) is 5.56 Å². The summed E-state index contributed by atoms with van der Waals surface area (Å²) in [5, 5.41) is 5.92. The van der Waals surface area contributed by atoms with Crippen LogP contribution in [0.2, 0.25) is 0 Å². The van der Waals surface area contributed by atoms with Gasteiger partial charge in [-0.25, -0.2) is 4.79 Å². The van der Waals surface area contributed by atoms with Gasteiger partial charge in [-0.2, -0.15) is 0 Å². The molecule has 2 rings (SSSR count). The number of carbonyl (C=O) groups is 1. The van der Waals surface area contributed by atoms with Gasteiger partial charge in [-0.1, -0.05) is 37.3 Å². The third-order valence-corrected chi connectivity index (χ3v) is 5.09. The molecule has 0 saturated carbocycles. The first-order chi connectivity index (χ1) is 10.9. The zero-order valence-electron chi connectivity index (χ0n) is 14.1. The molecule has 4 atom stereocenters. The minimum atomic E-state index is -0.902. The van der Waals surface area contributed by atoms with Crippen molar-refractivity contribution in [2.45, 2.75) is 32.5 Å². The average molecular weight is 337 g/mol. The lowest BCUT2D eigenvalue weighted by atomic mass is 10.1. The minimum absolute atomic E-state index is 0.0852. The molecule has 128 valence electrons. The molecular weight excluding hydrogens is 310 g/mol. The first-order valence-corrected chi connectivity index (χ1v) is 9.80. The molecule has 0 unspecified atom stereocenters. The lowest BCUT2D eigenvalue weighted by Gasteiger charge is -2.20. The van der Waals surface area contributed by atoms with Crippen molar-refractivity contribution >= 4 is 16.8 Å². The van der Waals surface area contributed by atoms with Gasteiger partial charge in [0.1, 0.15) is 0 Å². The minimum Gasteiger partial charge on any atom is -0.335 e. The molecule has 23 heavy (non-hydrogen) atoms. The smallest absolute Gasteiger partial charge is 0.315 e. The molecule has 1 aromatic rings. The highest BCUT2D eigenvalue weighted by Gasteiger charge is 2.30. The molecule has 0 aromatic heterocycles. The topological polar surface area (TPSA) is 61.4 Å². The second-order valence-electron chi connectivity index (χ2n) is 6.52. The number of benzene rings is 1. The summed E-state index contributed by atoms with van der Waals surface area (Å²) in [6, 6.07) is 10.3. The van der Waals surface area contributed by atoms with Crippen molar-refractivity contribution in [2.75, 3.05) is 25.1 Å². The van der Waals surface area contributed by atoms with Crippen LogP contribution in [-0.4, -0.2) is 52.3 Å². The zero-order chi connectivity index (χ0) is 16.8. The van der Waals surface area contributed by atoms with Crippen LogP contribution >= 0.6 is 0 Å². The van der Waals surface area contributed by atoms with E-state index < -0.39 is 10.8 Å². The molecule has 1 aromatic carbocycles. The molecule has 1 aliphatic rings. The van der Waals surface area contributed by atoms with Crippen molar-refractivity contribution < 1.29 is 9.00 Å². The molecule has 1 heterocycles. The number of likely N-dealkylation sites (tertiary alicyclic amines) is 1. The van der Waals surface area contributed by atoms with Crippen LogP contribution in [0.5, 0.6) is 0 Å². The molecule has 1 saturated heterocycles. The van der Waals surface area contributed by atoms with Gasteiger partial charge in [0.05, 0.1) is 0 Å². The summed E-state index contributed by atoms with van der Waals surface area (Å²) < 4.78 is 11.2. The van der Waals surface area contributed by atoms with Crippen LogP contribution in [0.15, 0.2) is 30.3 Å². The fourth-order valence-electron chi connectivity index (χ4n) is 3.05. The fourth-order valence-corrected chi connectivity index (χ4v) is 3.84. The van der Waals surface area contributed by atoms with E-state index in [4.69, 9.17) is 0 Å². The van der Waals surface area contributed by atoms with Crippen molar-refractivity contribution in [1.82, 2.24) is 15.5 Å². The van der Waals surface area contributed by atoms with Crippen molar-refractivity contribution in [3.05, 3.63) is 35.9 Å². The summed E-state index contributed by atoms with van der Waals surface area (Å²) in [5.74, 6) is 0.897. The normalized spacial score (nSPS) is 24.1. The average Bonchev–Trinajstić information content (AvgIpc) is 2.78. The molecule has 1 aliphatic heterocycles. The third-order valence-electron chi connectivity index (χ3n) is 4.12. The summed E-state index contributed by atoms with van der Waals surface area (Å²) in [5.41, 5.74) is 1.30. The van der Waals surface area contributed by atoms with Crippen molar-refractivity contribution in [1.29, 1.82) is 0 Å². The van der Waals surface area contributed by atoms with Crippen LogP contribution in [0, 0.1) is 5.92 Å². The standard InChI is InChI=1S/C17H27N3O2S/c1-13-9-20(10-15-7-5-4-6-8-15)11-16(13)19-17(21)18-14(2)12-23(3)22/h4-8,13-14,16H,9-12H2,1-3H3,(H2,18,19,21)/t13-,14+,16-,23-/m0/s1. The predicted molar refractivity (Wildman–Crippen MR) is 94.7 cm³/mol. The van der Waals surface area contributed by atoms with Crippen LogP contribution in [0.3, 0.4) is 0 Å². The number of hydrogen-bond donors (Lipinski definition) is 2. The Morgan fingerprint density at radius 3 is 2.70 bits per heavy atom. The van der Waals surface area contributed by atoms with E-state index in [0.29, 0.717) is 11.7 Å². The number of amides is 2. The van der Waals surface area contributed by atoms with Crippen molar-refractivity contribution in [3.8, 4) is 0 Å². The Morgan fingerprint density at radius 2 is 2.04 bits per heavy atom. The number of nitrogens with zero attached hydrogens (tertiary/aromatic N) is 1. The Morgan fingerprint density at radius 1 is 1.35 bits per heavy atom. The summed E-state index contributed by atoms with van der Waals surface area (Å²) in [6.45, 7) is 6.80. The lowest BCUT2D eigenvalue weighted by Crippen LogP contribution is -2.49. The van der Waals surface area contributed by atoms with E-state index in [9.17, 15) is 9.00 Å². The number of carbonyl (C=O) groups excluding carboxylic acids is 1. The van der Waals surface area contributed by atoms with Crippen molar-refractivity contribution in [2.24, 2.45) is 5.92 Å². The van der Waals surface area contributed by atoms with Gasteiger partial charge in [0.25, 0.3) is 0 Å². The zero-order valence-corrected chi connectivity index (χ0v) is 14.9. The Labute approximate surface area is 141 Å². The van der Waals surface area contributed by atoms with E-state index in [1.807, 2.05) is 13.0 Å². The number of rotatable bonds is 6. The van der Waals surface area contributed by atoms with E-state index in [-0.39, 0.29) is 18.1 Å². The predicted octanol–water partition coefficient (Wildman–Crippen LogP) is 1.57. The van der Waals surface area contributed by atoms with Crippen LogP contribution in [0.1, 0.15) is 19.4 Å². The van der Waals surface area contributed by atoms with E-state index >= 15 is 0 Å². The quantitative estimate of drug-likeness (QED) is 0.828.